The van der Waals surface area contributed by atoms with Crippen LogP contribution in [-0.4, -0.2) is 23.6 Å². The molecule has 0 aliphatic rings. The second-order valence-electron chi connectivity index (χ2n) is 4.07. The molecule has 1 rings (SSSR count). The maximum atomic E-state index is 13.0. The number of carbonyl (C=O) groups is 1. The Balaban J connectivity index is 2.41. The first-order valence-electron chi connectivity index (χ1n) is 5.47. The lowest BCUT2D eigenvalue weighted by Gasteiger charge is -2.10. The number of para-hydroxylation sites is 1. The van der Waals surface area contributed by atoms with Gasteiger partial charge >= 0.3 is 0 Å². The Morgan fingerprint density at radius 1 is 1.47 bits per heavy atom. The van der Waals surface area contributed by atoms with Crippen molar-refractivity contribution in [3.8, 4) is 5.75 Å². The highest BCUT2D eigenvalue weighted by Crippen LogP contribution is 2.19. The predicted molar refractivity (Wildman–Crippen MR) is 63.1 cm³/mol. The molecule has 0 spiro atoms. The second-order valence-corrected chi connectivity index (χ2v) is 4.07. The van der Waals surface area contributed by atoms with Crippen LogP contribution in [-0.2, 0) is 11.3 Å². The number of benzene rings is 1. The van der Waals surface area contributed by atoms with E-state index >= 15 is 0 Å². The van der Waals surface area contributed by atoms with Gasteiger partial charge in [0.15, 0.2) is 11.6 Å². The predicted octanol–water partition coefficient (Wildman–Crippen LogP) is 1.15. The van der Waals surface area contributed by atoms with Crippen LogP contribution in [0, 0.1) is 5.82 Å². The van der Waals surface area contributed by atoms with Crippen molar-refractivity contribution in [1.29, 1.82) is 0 Å². The molecule has 0 aromatic heterocycles. The topological polar surface area (TPSA) is 61.4 Å². The molecule has 0 aliphatic heterocycles. The molecule has 5 heteroatoms. The molecule has 0 saturated carbocycles. The summed E-state index contributed by atoms with van der Waals surface area (Å²) in [5.74, 6) is -1.16. The van der Waals surface area contributed by atoms with Crippen molar-refractivity contribution in [2.45, 2.75) is 26.4 Å². The zero-order valence-corrected chi connectivity index (χ0v) is 9.96. The van der Waals surface area contributed by atoms with E-state index in [1.165, 1.54) is 12.1 Å². The van der Waals surface area contributed by atoms with Crippen LogP contribution in [0.25, 0.3) is 0 Å². The Labute approximate surface area is 99.8 Å². The van der Waals surface area contributed by atoms with Gasteiger partial charge in [0, 0.05) is 18.2 Å². The molecule has 0 bridgehead atoms. The van der Waals surface area contributed by atoms with Gasteiger partial charge in [0.05, 0.1) is 6.54 Å². The summed E-state index contributed by atoms with van der Waals surface area (Å²) in [5.41, 5.74) is 0.433. The number of phenolic OH excluding ortho intramolecular Hbond substituents is 1. The fraction of sp³-hybridized carbons (Fsp3) is 0.417. The van der Waals surface area contributed by atoms with E-state index in [1.807, 2.05) is 13.8 Å². The van der Waals surface area contributed by atoms with E-state index in [0.717, 1.165) is 0 Å². The number of aromatic hydroxyl groups is 1. The zero-order valence-electron chi connectivity index (χ0n) is 9.96. The molecule has 0 atom stereocenters. The largest absolute Gasteiger partial charge is 0.505 e. The van der Waals surface area contributed by atoms with Crippen LogP contribution >= 0.6 is 0 Å². The average Bonchev–Trinajstić information content (AvgIpc) is 2.23. The van der Waals surface area contributed by atoms with E-state index in [1.54, 1.807) is 6.07 Å². The highest BCUT2D eigenvalue weighted by atomic mass is 19.1. The molecule has 0 radical (unpaired) electrons. The molecule has 3 N–H and O–H groups in total. The van der Waals surface area contributed by atoms with Crippen LogP contribution in [0.1, 0.15) is 19.4 Å². The zero-order chi connectivity index (χ0) is 12.8. The van der Waals surface area contributed by atoms with E-state index in [2.05, 4.69) is 10.6 Å². The summed E-state index contributed by atoms with van der Waals surface area (Å²) < 4.78 is 13.0. The lowest BCUT2D eigenvalue weighted by Crippen LogP contribution is -2.37. The van der Waals surface area contributed by atoms with E-state index < -0.39 is 5.82 Å². The number of phenols is 1. The molecule has 0 saturated heterocycles. The summed E-state index contributed by atoms with van der Waals surface area (Å²) in [6.45, 7) is 4.12. The van der Waals surface area contributed by atoms with Gasteiger partial charge in [-0.1, -0.05) is 12.1 Å². The number of amides is 1. The Morgan fingerprint density at radius 2 is 2.18 bits per heavy atom. The molecule has 17 heavy (non-hydrogen) atoms. The maximum absolute atomic E-state index is 13.0. The van der Waals surface area contributed by atoms with Crippen LogP contribution in [0.15, 0.2) is 18.2 Å². The molecular weight excluding hydrogens is 223 g/mol. The summed E-state index contributed by atoms with van der Waals surface area (Å²) >= 11 is 0. The highest BCUT2D eigenvalue weighted by molar-refractivity contribution is 5.78. The van der Waals surface area contributed by atoms with Gasteiger partial charge in [-0.15, -0.1) is 0 Å². The molecule has 4 nitrogen and oxygen atoms in total. The lowest BCUT2D eigenvalue weighted by molar-refractivity contribution is -0.120. The van der Waals surface area contributed by atoms with Crippen LogP contribution in [0.5, 0.6) is 5.75 Å². The first-order chi connectivity index (χ1) is 8.00. The minimum absolute atomic E-state index is 0.0897. The van der Waals surface area contributed by atoms with Crippen LogP contribution in [0.2, 0.25) is 0 Å². The van der Waals surface area contributed by atoms with Crippen LogP contribution < -0.4 is 10.6 Å². The third-order valence-corrected chi connectivity index (χ3v) is 2.12. The SMILES string of the molecule is CC(C)NC(=O)CNCc1cccc(F)c1O. The molecule has 1 aromatic carbocycles. The normalized spacial score (nSPS) is 10.6. The van der Waals surface area contributed by atoms with Gasteiger partial charge in [0.25, 0.3) is 0 Å². The van der Waals surface area contributed by atoms with Crippen LogP contribution in [0.4, 0.5) is 4.39 Å². The first kappa shape index (κ1) is 13.4. The van der Waals surface area contributed by atoms with Gasteiger partial charge in [-0.25, -0.2) is 4.39 Å². The minimum Gasteiger partial charge on any atom is -0.505 e. The van der Waals surface area contributed by atoms with Gasteiger partial charge < -0.3 is 15.7 Å². The molecule has 0 heterocycles. The third kappa shape index (κ3) is 4.40. The number of halogens is 1. The molecule has 94 valence electrons. The van der Waals surface area contributed by atoms with E-state index in [9.17, 15) is 14.3 Å². The number of rotatable bonds is 5. The molecule has 1 amide bonds. The van der Waals surface area contributed by atoms with Crippen molar-refractivity contribution < 1.29 is 14.3 Å². The van der Waals surface area contributed by atoms with E-state index in [4.69, 9.17) is 0 Å². The fourth-order valence-corrected chi connectivity index (χ4v) is 1.39. The molecule has 0 fully saturated rings. The van der Waals surface area contributed by atoms with Crippen molar-refractivity contribution in [3.63, 3.8) is 0 Å². The van der Waals surface area contributed by atoms with E-state index in [0.29, 0.717) is 5.56 Å². The summed E-state index contributed by atoms with van der Waals surface area (Å²) in [6.07, 6.45) is 0. The Bertz CT molecular complexity index is 394. The van der Waals surface area contributed by atoms with Crippen molar-refractivity contribution in [2.24, 2.45) is 0 Å². The summed E-state index contributed by atoms with van der Waals surface area (Å²) in [4.78, 5) is 11.3. The van der Waals surface area contributed by atoms with Crippen molar-refractivity contribution in [2.75, 3.05) is 6.54 Å². The lowest BCUT2D eigenvalue weighted by atomic mass is 10.2. The number of hydrogen-bond donors (Lipinski definition) is 3. The van der Waals surface area contributed by atoms with Gasteiger partial charge in [-0.2, -0.15) is 0 Å². The fourth-order valence-electron chi connectivity index (χ4n) is 1.39. The van der Waals surface area contributed by atoms with E-state index in [-0.39, 0.29) is 30.8 Å². The van der Waals surface area contributed by atoms with Crippen molar-refractivity contribution in [3.05, 3.63) is 29.6 Å². The van der Waals surface area contributed by atoms with Gasteiger partial charge in [0.2, 0.25) is 5.91 Å². The number of carbonyl (C=O) groups excluding carboxylic acids is 1. The smallest absolute Gasteiger partial charge is 0.234 e. The first-order valence-corrected chi connectivity index (χ1v) is 5.47. The molecule has 1 aromatic rings. The Morgan fingerprint density at radius 3 is 2.82 bits per heavy atom. The van der Waals surface area contributed by atoms with Crippen molar-refractivity contribution >= 4 is 5.91 Å². The quantitative estimate of drug-likeness (QED) is 0.723. The highest BCUT2D eigenvalue weighted by Gasteiger charge is 2.07. The standard InChI is InChI=1S/C12H17FN2O2/c1-8(2)15-11(16)7-14-6-9-4-3-5-10(13)12(9)17/h3-5,8,14,17H,6-7H2,1-2H3,(H,15,16). The molecule has 0 aliphatic carbocycles. The Hall–Kier alpha value is -1.62. The monoisotopic (exact) mass is 240 g/mol. The summed E-state index contributed by atoms with van der Waals surface area (Å²) in [5, 5.41) is 14.9. The molecular formula is C12H17FN2O2. The number of nitrogens with one attached hydrogen (secondary N) is 2. The van der Waals surface area contributed by atoms with Crippen molar-refractivity contribution in [1.82, 2.24) is 10.6 Å². The van der Waals surface area contributed by atoms with Gasteiger partial charge in [-0.05, 0) is 19.9 Å². The van der Waals surface area contributed by atoms with Gasteiger partial charge in [-0.3, -0.25) is 4.79 Å². The molecule has 0 unspecified atom stereocenters. The average molecular weight is 240 g/mol. The minimum atomic E-state index is -0.657. The second kappa shape index (κ2) is 6.20. The third-order valence-electron chi connectivity index (χ3n) is 2.12. The Kier molecular flexibility index (Phi) is 4.90. The summed E-state index contributed by atoms with van der Waals surface area (Å²) in [6, 6.07) is 4.39. The number of hydrogen-bond acceptors (Lipinski definition) is 3. The van der Waals surface area contributed by atoms with Gasteiger partial charge in [0.1, 0.15) is 0 Å². The van der Waals surface area contributed by atoms with Crippen LogP contribution in [0.3, 0.4) is 0 Å². The summed E-state index contributed by atoms with van der Waals surface area (Å²) in [7, 11) is 0. The maximum Gasteiger partial charge on any atom is 0.234 e.